The lowest BCUT2D eigenvalue weighted by atomic mass is 10.3. The van der Waals surface area contributed by atoms with Crippen molar-refractivity contribution in [1.82, 2.24) is 0 Å². The van der Waals surface area contributed by atoms with Crippen molar-refractivity contribution >= 4 is 5.69 Å². The topological polar surface area (TPSA) is 38.5 Å². The molecule has 0 fully saturated rings. The number of ether oxygens (including phenoxy) is 1. The van der Waals surface area contributed by atoms with E-state index in [0.717, 1.165) is 11.4 Å². The molecule has 0 bridgehead atoms. The molecule has 3 heteroatoms. The number of anilines is 1. The van der Waals surface area contributed by atoms with Crippen molar-refractivity contribution in [3.8, 4) is 5.75 Å². The van der Waals surface area contributed by atoms with Crippen LogP contribution < -0.4 is 15.6 Å². The number of hydrogen-bond donors (Lipinski definition) is 1. The minimum Gasteiger partial charge on any atom is -0.467 e. The molecule has 1 radical (unpaired) electrons. The van der Waals surface area contributed by atoms with Crippen LogP contribution in [0.4, 0.5) is 5.69 Å². The monoisotopic (exact) mass is 149 g/mol. The van der Waals surface area contributed by atoms with E-state index in [0.29, 0.717) is 0 Å². The van der Waals surface area contributed by atoms with Crippen molar-refractivity contribution in [3.05, 3.63) is 31.2 Å². The highest BCUT2D eigenvalue weighted by Gasteiger charge is 2.23. The fraction of sp³-hybridized carbons (Fsp3) is 0.125. The number of hydrazine groups is 1. The Bertz CT molecular complexity index is 275. The minimum atomic E-state index is -0.299. The zero-order chi connectivity index (χ0) is 7.84. The van der Waals surface area contributed by atoms with E-state index in [2.05, 4.69) is 6.92 Å². The number of hydrogen-bond acceptors (Lipinski definition) is 3. The third-order valence-corrected chi connectivity index (χ3v) is 1.72. The molecule has 2 N–H and O–H groups in total. The van der Waals surface area contributed by atoms with Crippen LogP contribution in [0.25, 0.3) is 0 Å². The zero-order valence-corrected chi connectivity index (χ0v) is 6.03. The first-order valence-corrected chi connectivity index (χ1v) is 3.42. The molecule has 0 aliphatic carbocycles. The van der Waals surface area contributed by atoms with Crippen LogP contribution in [0.2, 0.25) is 0 Å². The van der Waals surface area contributed by atoms with Gasteiger partial charge in [0.1, 0.15) is 5.75 Å². The molecule has 1 aliphatic rings. The van der Waals surface area contributed by atoms with Crippen molar-refractivity contribution in [2.75, 3.05) is 5.01 Å². The van der Waals surface area contributed by atoms with E-state index in [1.807, 2.05) is 24.3 Å². The van der Waals surface area contributed by atoms with Crippen molar-refractivity contribution in [2.24, 2.45) is 5.84 Å². The number of benzene rings is 1. The van der Waals surface area contributed by atoms with Crippen LogP contribution >= 0.6 is 0 Å². The largest absolute Gasteiger partial charge is 0.467 e. The summed E-state index contributed by atoms with van der Waals surface area (Å²) in [5, 5.41) is 1.51. The van der Waals surface area contributed by atoms with Gasteiger partial charge in [-0.3, -0.25) is 5.01 Å². The average Bonchev–Trinajstić information content (AvgIpc) is 2.30. The summed E-state index contributed by atoms with van der Waals surface area (Å²) in [5.41, 5.74) is 0.896. The van der Waals surface area contributed by atoms with Crippen molar-refractivity contribution in [2.45, 2.75) is 6.23 Å². The molecule has 1 aromatic rings. The van der Waals surface area contributed by atoms with Crippen molar-refractivity contribution < 1.29 is 4.74 Å². The number of para-hydroxylation sites is 2. The Morgan fingerprint density at radius 3 is 2.91 bits per heavy atom. The summed E-state index contributed by atoms with van der Waals surface area (Å²) in [7, 11) is 0. The second kappa shape index (κ2) is 2.13. The Labute approximate surface area is 65.3 Å². The van der Waals surface area contributed by atoms with Gasteiger partial charge >= 0.3 is 0 Å². The van der Waals surface area contributed by atoms with Crippen LogP contribution in [-0.2, 0) is 0 Å². The van der Waals surface area contributed by atoms with E-state index in [1.165, 1.54) is 5.01 Å². The predicted octanol–water partition coefficient (Wildman–Crippen LogP) is 0.919. The van der Waals surface area contributed by atoms with Gasteiger partial charge in [0.15, 0.2) is 6.23 Å². The van der Waals surface area contributed by atoms with Gasteiger partial charge in [-0.05, 0) is 12.1 Å². The van der Waals surface area contributed by atoms with Gasteiger partial charge in [-0.2, -0.15) is 0 Å². The van der Waals surface area contributed by atoms with E-state index in [9.17, 15) is 0 Å². The van der Waals surface area contributed by atoms with E-state index >= 15 is 0 Å². The number of nitrogens with zero attached hydrogens (tertiary/aromatic N) is 1. The smallest absolute Gasteiger partial charge is 0.185 e. The summed E-state index contributed by atoms with van der Waals surface area (Å²) in [6.45, 7) is 3.71. The molecule has 1 aliphatic heterocycles. The summed E-state index contributed by atoms with van der Waals surface area (Å²) in [5.74, 6) is 6.44. The van der Waals surface area contributed by atoms with Gasteiger partial charge in [0.2, 0.25) is 0 Å². The molecule has 1 unspecified atom stereocenters. The Hall–Kier alpha value is -1.22. The van der Waals surface area contributed by atoms with Crippen LogP contribution in [0.1, 0.15) is 0 Å². The predicted molar refractivity (Wildman–Crippen MR) is 42.9 cm³/mol. The standard InChI is InChI=1S/C8H9N2O/c1-6-10(9)7-4-2-3-5-8(7)11-6/h2-6H,1,9H2. The molecule has 0 aromatic heterocycles. The molecule has 1 atom stereocenters. The number of rotatable bonds is 0. The Kier molecular flexibility index (Phi) is 1.26. The molecular formula is C8H9N2O. The summed E-state index contributed by atoms with van der Waals surface area (Å²) >= 11 is 0. The highest BCUT2D eigenvalue weighted by molar-refractivity contribution is 5.61. The molecular weight excluding hydrogens is 140 g/mol. The first-order chi connectivity index (χ1) is 5.29. The molecule has 0 saturated heterocycles. The number of fused-ring (bicyclic) bond motifs is 1. The Balaban J connectivity index is 2.47. The van der Waals surface area contributed by atoms with E-state index in [-0.39, 0.29) is 6.23 Å². The van der Waals surface area contributed by atoms with Crippen LogP contribution in [0.15, 0.2) is 24.3 Å². The van der Waals surface area contributed by atoms with Gasteiger partial charge < -0.3 is 4.74 Å². The summed E-state index contributed by atoms with van der Waals surface area (Å²) < 4.78 is 5.31. The maximum Gasteiger partial charge on any atom is 0.185 e. The van der Waals surface area contributed by atoms with E-state index in [4.69, 9.17) is 10.6 Å². The summed E-state index contributed by atoms with van der Waals surface area (Å²) in [6.07, 6.45) is -0.299. The average molecular weight is 149 g/mol. The molecule has 0 saturated carbocycles. The third-order valence-electron chi connectivity index (χ3n) is 1.72. The van der Waals surface area contributed by atoms with Crippen molar-refractivity contribution in [3.63, 3.8) is 0 Å². The highest BCUT2D eigenvalue weighted by atomic mass is 16.5. The van der Waals surface area contributed by atoms with Gasteiger partial charge in [-0.15, -0.1) is 0 Å². The first-order valence-electron chi connectivity index (χ1n) is 3.42. The maximum atomic E-state index is 5.64. The van der Waals surface area contributed by atoms with Crippen LogP contribution in [0.3, 0.4) is 0 Å². The maximum absolute atomic E-state index is 5.64. The summed E-state index contributed by atoms with van der Waals surface area (Å²) in [6, 6.07) is 7.60. The fourth-order valence-electron chi connectivity index (χ4n) is 1.13. The van der Waals surface area contributed by atoms with Gasteiger partial charge in [0.25, 0.3) is 0 Å². The molecule has 0 amide bonds. The zero-order valence-electron chi connectivity index (χ0n) is 6.03. The Morgan fingerprint density at radius 1 is 1.45 bits per heavy atom. The van der Waals surface area contributed by atoms with Crippen molar-refractivity contribution in [1.29, 1.82) is 0 Å². The van der Waals surface area contributed by atoms with Crippen LogP contribution in [0, 0.1) is 6.92 Å². The second-order valence-corrected chi connectivity index (χ2v) is 2.45. The summed E-state index contributed by atoms with van der Waals surface area (Å²) in [4.78, 5) is 0. The normalized spacial score (nSPS) is 21.3. The molecule has 3 nitrogen and oxygen atoms in total. The highest BCUT2D eigenvalue weighted by Crippen LogP contribution is 2.33. The van der Waals surface area contributed by atoms with E-state index in [1.54, 1.807) is 0 Å². The quantitative estimate of drug-likeness (QED) is 0.557. The molecule has 11 heavy (non-hydrogen) atoms. The molecule has 0 spiro atoms. The number of nitrogens with two attached hydrogens (primary N) is 1. The van der Waals surface area contributed by atoms with Crippen LogP contribution in [0.5, 0.6) is 5.75 Å². The first kappa shape index (κ1) is 6.49. The van der Waals surface area contributed by atoms with Gasteiger partial charge in [0.05, 0.1) is 5.69 Å². The lowest BCUT2D eigenvalue weighted by Gasteiger charge is -2.14. The second-order valence-electron chi connectivity index (χ2n) is 2.45. The lowest BCUT2D eigenvalue weighted by molar-refractivity contribution is 0.271. The fourth-order valence-corrected chi connectivity index (χ4v) is 1.13. The SMILES string of the molecule is [CH2]C1Oc2ccccc2N1N. The Morgan fingerprint density at radius 2 is 2.18 bits per heavy atom. The van der Waals surface area contributed by atoms with Gasteiger partial charge in [-0.1, -0.05) is 12.1 Å². The molecule has 1 heterocycles. The molecule has 57 valence electrons. The molecule has 1 aromatic carbocycles. The molecule has 2 rings (SSSR count). The van der Waals surface area contributed by atoms with E-state index < -0.39 is 0 Å². The third kappa shape index (κ3) is 0.851. The van der Waals surface area contributed by atoms with Gasteiger partial charge in [0, 0.05) is 6.92 Å². The van der Waals surface area contributed by atoms with Gasteiger partial charge in [-0.25, -0.2) is 5.84 Å². The lowest BCUT2D eigenvalue weighted by Crippen LogP contribution is -2.38. The van der Waals surface area contributed by atoms with Crippen LogP contribution in [-0.4, -0.2) is 6.23 Å². The minimum absolute atomic E-state index is 0.299.